The van der Waals surface area contributed by atoms with Gasteiger partial charge in [-0.15, -0.1) is 11.3 Å². The Morgan fingerprint density at radius 1 is 1.44 bits per heavy atom. The first-order valence-corrected chi connectivity index (χ1v) is 7.02. The third-order valence-corrected chi connectivity index (χ3v) is 4.46. The normalized spacial score (nSPS) is 13.4. The van der Waals surface area contributed by atoms with Crippen LogP contribution in [0.15, 0.2) is 24.4 Å². The smallest absolute Gasteiger partial charge is 0.169 e. The molecule has 0 aromatic carbocycles. The van der Waals surface area contributed by atoms with Gasteiger partial charge >= 0.3 is 0 Å². The minimum absolute atomic E-state index is 0.793. The van der Waals surface area contributed by atoms with Crippen LogP contribution in [0.25, 0.3) is 0 Å². The number of aryl methyl sites for hydroxylation is 2. The van der Waals surface area contributed by atoms with Crippen molar-refractivity contribution >= 4 is 17.2 Å². The number of aromatic nitrogens is 1. The Morgan fingerprint density at radius 3 is 3.22 bits per heavy atom. The average Bonchev–Trinajstić information content (AvgIpc) is 2.97. The number of pyridine rings is 1. The number of methoxy groups -OCH3 is 1. The average molecular weight is 260 g/mol. The van der Waals surface area contributed by atoms with Gasteiger partial charge in [-0.05, 0) is 43.0 Å². The maximum Gasteiger partial charge on any atom is 0.169 e. The third-order valence-electron chi connectivity index (χ3n) is 3.22. The fourth-order valence-electron chi connectivity index (χ4n) is 2.34. The zero-order chi connectivity index (χ0) is 12.4. The molecule has 2 aromatic rings. The van der Waals surface area contributed by atoms with Gasteiger partial charge in [0, 0.05) is 16.0 Å². The number of rotatable bonds is 4. The molecule has 2 aromatic heterocycles. The second-order valence-electron chi connectivity index (χ2n) is 4.42. The Balaban J connectivity index is 1.70. The van der Waals surface area contributed by atoms with E-state index in [1.807, 2.05) is 23.5 Å². The number of hydrogen-bond acceptors (Lipinski definition) is 4. The molecule has 1 aliphatic carbocycles. The van der Waals surface area contributed by atoms with Gasteiger partial charge in [-0.25, -0.2) is 4.98 Å². The monoisotopic (exact) mass is 260 g/mol. The van der Waals surface area contributed by atoms with Crippen LogP contribution in [-0.2, 0) is 19.4 Å². The second kappa shape index (κ2) is 4.98. The van der Waals surface area contributed by atoms with E-state index in [2.05, 4.69) is 16.4 Å². The van der Waals surface area contributed by atoms with Crippen LogP contribution in [0.4, 0.5) is 5.82 Å². The molecule has 2 heterocycles. The number of hydrogen-bond donors (Lipinski definition) is 1. The molecule has 0 unspecified atom stereocenters. The van der Waals surface area contributed by atoms with Gasteiger partial charge in [0.25, 0.3) is 0 Å². The maximum absolute atomic E-state index is 5.27. The van der Waals surface area contributed by atoms with Crippen LogP contribution in [0.5, 0.6) is 5.75 Å². The highest BCUT2D eigenvalue weighted by atomic mass is 32.1. The van der Waals surface area contributed by atoms with Crippen molar-refractivity contribution in [1.82, 2.24) is 4.98 Å². The molecule has 3 rings (SSSR count). The van der Waals surface area contributed by atoms with Crippen LogP contribution < -0.4 is 10.1 Å². The zero-order valence-electron chi connectivity index (χ0n) is 10.4. The van der Waals surface area contributed by atoms with Crippen LogP contribution in [-0.4, -0.2) is 12.1 Å². The number of thiophene rings is 1. The molecule has 18 heavy (non-hydrogen) atoms. The topological polar surface area (TPSA) is 34.1 Å². The summed E-state index contributed by atoms with van der Waals surface area (Å²) in [6.07, 6.45) is 5.61. The Kier molecular flexibility index (Phi) is 3.19. The van der Waals surface area contributed by atoms with Crippen molar-refractivity contribution in [3.63, 3.8) is 0 Å². The third kappa shape index (κ3) is 2.20. The number of nitrogens with zero attached hydrogens (tertiary/aromatic N) is 1. The first-order valence-electron chi connectivity index (χ1n) is 6.20. The first-order chi connectivity index (χ1) is 8.86. The zero-order valence-corrected chi connectivity index (χ0v) is 11.2. The number of nitrogens with one attached hydrogen (secondary N) is 1. The quantitative estimate of drug-likeness (QED) is 0.916. The van der Waals surface area contributed by atoms with E-state index in [9.17, 15) is 0 Å². The predicted octanol–water partition coefficient (Wildman–Crippen LogP) is 3.25. The molecule has 0 bridgehead atoms. The largest absolute Gasteiger partial charge is 0.493 e. The van der Waals surface area contributed by atoms with Crippen molar-refractivity contribution in [3.05, 3.63) is 39.7 Å². The summed E-state index contributed by atoms with van der Waals surface area (Å²) < 4.78 is 5.27. The highest BCUT2D eigenvalue weighted by Crippen LogP contribution is 2.31. The lowest BCUT2D eigenvalue weighted by Gasteiger charge is -2.08. The predicted molar refractivity (Wildman–Crippen MR) is 74.5 cm³/mol. The Morgan fingerprint density at radius 2 is 2.39 bits per heavy atom. The SMILES string of the molecule is COc1cccnc1NCc1cc2c(s1)CCC2. The second-order valence-corrected chi connectivity index (χ2v) is 5.64. The Hall–Kier alpha value is -1.55. The molecule has 0 atom stereocenters. The summed E-state index contributed by atoms with van der Waals surface area (Å²) in [7, 11) is 1.67. The first kappa shape index (κ1) is 11.5. The summed E-state index contributed by atoms with van der Waals surface area (Å²) in [6.45, 7) is 0.824. The van der Waals surface area contributed by atoms with Crippen molar-refractivity contribution in [2.45, 2.75) is 25.8 Å². The van der Waals surface area contributed by atoms with Crippen molar-refractivity contribution in [1.29, 1.82) is 0 Å². The van der Waals surface area contributed by atoms with Gasteiger partial charge in [0.1, 0.15) is 0 Å². The molecule has 0 saturated carbocycles. The lowest BCUT2D eigenvalue weighted by Crippen LogP contribution is -2.01. The van der Waals surface area contributed by atoms with E-state index in [4.69, 9.17) is 4.74 Å². The molecule has 0 aliphatic heterocycles. The van der Waals surface area contributed by atoms with Crippen LogP contribution in [0, 0.1) is 0 Å². The highest BCUT2D eigenvalue weighted by Gasteiger charge is 2.14. The molecule has 0 fully saturated rings. The molecule has 1 N–H and O–H groups in total. The number of ether oxygens (including phenoxy) is 1. The van der Waals surface area contributed by atoms with Crippen molar-refractivity contribution in [2.75, 3.05) is 12.4 Å². The lowest BCUT2D eigenvalue weighted by atomic mass is 10.2. The summed E-state index contributed by atoms with van der Waals surface area (Å²) >= 11 is 1.92. The van der Waals surface area contributed by atoms with Crippen LogP contribution in [0.3, 0.4) is 0 Å². The fourth-order valence-corrected chi connectivity index (χ4v) is 3.54. The van der Waals surface area contributed by atoms with Gasteiger partial charge in [0.2, 0.25) is 0 Å². The maximum atomic E-state index is 5.27. The van der Waals surface area contributed by atoms with E-state index >= 15 is 0 Å². The number of fused-ring (bicyclic) bond motifs is 1. The number of anilines is 1. The Labute approximate surface area is 111 Å². The van der Waals surface area contributed by atoms with Crippen LogP contribution in [0.2, 0.25) is 0 Å². The van der Waals surface area contributed by atoms with Gasteiger partial charge in [0.05, 0.1) is 13.7 Å². The van der Waals surface area contributed by atoms with Crippen LogP contribution in [0.1, 0.15) is 21.7 Å². The standard InChI is InChI=1S/C14H16N2OS/c1-17-12-5-3-7-15-14(12)16-9-11-8-10-4-2-6-13(10)18-11/h3,5,7-8H,2,4,6,9H2,1H3,(H,15,16). The van der Waals surface area contributed by atoms with Gasteiger partial charge in [-0.1, -0.05) is 0 Å². The fraction of sp³-hybridized carbons (Fsp3) is 0.357. The molecule has 0 amide bonds. The summed E-state index contributed by atoms with van der Waals surface area (Å²) in [6, 6.07) is 6.13. The van der Waals surface area contributed by atoms with Gasteiger partial charge in [0.15, 0.2) is 11.6 Å². The highest BCUT2D eigenvalue weighted by molar-refractivity contribution is 7.12. The van der Waals surface area contributed by atoms with Crippen LogP contribution >= 0.6 is 11.3 Å². The van der Waals surface area contributed by atoms with Gasteiger partial charge in [-0.2, -0.15) is 0 Å². The van der Waals surface area contributed by atoms with E-state index in [1.165, 1.54) is 24.1 Å². The summed E-state index contributed by atoms with van der Waals surface area (Å²) in [5, 5.41) is 3.34. The molecule has 0 radical (unpaired) electrons. The molecular formula is C14H16N2OS. The molecule has 0 spiro atoms. The van der Waals surface area contributed by atoms with Crippen molar-refractivity contribution < 1.29 is 4.74 Å². The molecule has 0 saturated heterocycles. The lowest BCUT2D eigenvalue weighted by molar-refractivity contribution is 0.415. The van der Waals surface area contributed by atoms with E-state index in [-0.39, 0.29) is 0 Å². The van der Waals surface area contributed by atoms with Gasteiger partial charge < -0.3 is 10.1 Å². The Bertz CT molecular complexity index is 529. The molecule has 94 valence electrons. The molecular weight excluding hydrogens is 244 g/mol. The summed E-state index contributed by atoms with van der Waals surface area (Å²) in [5.74, 6) is 1.61. The van der Waals surface area contributed by atoms with Crippen molar-refractivity contribution in [2.24, 2.45) is 0 Å². The van der Waals surface area contributed by atoms with E-state index in [0.717, 1.165) is 18.1 Å². The van der Waals surface area contributed by atoms with Crippen molar-refractivity contribution in [3.8, 4) is 5.75 Å². The summed E-state index contributed by atoms with van der Waals surface area (Å²) in [5.41, 5.74) is 1.55. The van der Waals surface area contributed by atoms with Gasteiger partial charge in [-0.3, -0.25) is 0 Å². The molecule has 4 heteroatoms. The van der Waals surface area contributed by atoms with E-state index < -0.39 is 0 Å². The minimum atomic E-state index is 0.793. The van der Waals surface area contributed by atoms with E-state index in [0.29, 0.717) is 0 Å². The van der Waals surface area contributed by atoms with E-state index in [1.54, 1.807) is 23.7 Å². The molecule has 1 aliphatic rings. The minimum Gasteiger partial charge on any atom is -0.493 e. The summed E-state index contributed by atoms with van der Waals surface area (Å²) in [4.78, 5) is 7.25. The molecule has 3 nitrogen and oxygen atoms in total.